The van der Waals surface area contributed by atoms with Crippen LogP contribution in [-0.4, -0.2) is 37.4 Å². The lowest BCUT2D eigenvalue weighted by molar-refractivity contribution is -0.125. The number of fused-ring (bicyclic) bond motifs is 1. The second-order valence-electron chi connectivity index (χ2n) is 6.19. The number of Topliss-reactive ketones (excluding diaryl/α,β-unsaturated/α-hetero) is 1. The van der Waals surface area contributed by atoms with Crippen molar-refractivity contribution < 1.29 is 23.9 Å². The van der Waals surface area contributed by atoms with Crippen molar-refractivity contribution in [2.75, 3.05) is 23.9 Å². The molecule has 0 aliphatic carbocycles. The second kappa shape index (κ2) is 7.49. The summed E-state index contributed by atoms with van der Waals surface area (Å²) in [6.45, 7) is 2.91. The molecule has 2 amide bonds. The number of hydrogen-bond donors (Lipinski definition) is 1. The van der Waals surface area contributed by atoms with Gasteiger partial charge in [-0.1, -0.05) is 6.07 Å². The standard InChI is InChI=1S/C20H20N2O5/c1-12(20(25)21-15-5-4-6-16(10-15)26-3)22-17-9-14(13(2)23)7-8-18(17)27-11-19(22)24/h4-10,12H,11H2,1-3H3,(H,21,25). The molecule has 2 aromatic carbocycles. The third-order valence-electron chi connectivity index (χ3n) is 4.35. The number of nitrogens with one attached hydrogen (secondary N) is 1. The van der Waals surface area contributed by atoms with Crippen LogP contribution < -0.4 is 19.7 Å². The topological polar surface area (TPSA) is 84.9 Å². The lowest BCUT2D eigenvalue weighted by atomic mass is 10.1. The molecule has 3 rings (SSSR count). The van der Waals surface area contributed by atoms with Crippen LogP contribution in [0.5, 0.6) is 11.5 Å². The first kappa shape index (κ1) is 18.4. The molecule has 0 spiro atoms. The van der Waals surface area contributed by atoms with Crippen molar-refractivity contribution in [1.82, 2.24) is 0 Å². The van der Waals surface area contributed by atoms with Gasteiger partial charge in [-0.05, 0) is 44.2 Å². The van der Waals surface area contributed by atoms with Crippen molar-refractivity contribution in [2.45, 2.75) is 19.9 Å². The van der Waals surface area contributed by atoms with E-state index in [1.165, 1.54) is 11.8 Å². The molecule has 1 heterocycles. The third-order valence-corrected chi connectivity index (χ3v) is 4.35. The normalized spacial score (nSPS) is 14.0. The summed E-state index contributed by atoms with van der Waals surface area (Å²) in [5.41, 5.74) is 1.41. The molecule has 0 bridgehead atoms. The fourth-order valence-corrected chi connectivity index (χ4v) is 2.88. The lowest BCUT2D eigenvalue weighted by Crippen LogP contribution is -2.49. The van der Waals surface area contributed by atoms with E-state index < -0.39 is 6.04 Å². The molecule has 27 heavy (non-hydrogen) atoms. The van der Waals surface area contributed by atoms with Crippen molar-refractivity contribution in [3.8, 4) is 11.5 Å². The minimum atomic E-state index is -0.798. The van der Waals surface area contributed by atoms with Gasteiger partial charge in [-0.3, -0.25) is 19.3 Å². The molecule has 0 fully saturated rings. The van der Waals surface area contributed by atoms with Gasteiger partial charge in [-0.2, -0.15) is 0 Å². The van der Waals surface area contributed by atoms with Gasteiger partial charge in [0.05, 0.1) is 12.8 Å². The minimum Gasteiger partial charge on any atom is -0.497 e. The first-order valence-electron chi connectivity index (χ1n) is 8.45. The Kier molecular flexibility index (Phi) is 5.12. The van der Waals surface area contributed by atoms with Crippen LogP contribution in [0.25, 0.3) is 0 Å². The van der Waals surface area contributed by atoms with E-state index in [-0.39, 0.29) is 24.2 Å². The fraction of sp³-hybridized carbons (Fsp3) is 0.250. The summed E-state index contributed by atoms with van der Waals surface area (Å²) in [4.78, 5) is 38.2. The summed E-state index contributed by atoms with van der Waals surface area (Å²) < 4.78 is 10.6. The predicted octanol–water partition coefficient (Wildman–Crippen LogP) is 2.65. The van der Waals surface area contributed by atoms with Gasteiger partial charge in [0.15, 0.2) is 12.4 Å². The molecular formula is C20H20N2O5. The van der Waals surface area contributed by atoms with Crippen molar-refractivity contribution >= 4 is 29.0 Å². The molecule has 2 aromatic rings. The number of nitrogens with zero attached hydrogens (tertiary/aromatic N) is 1. The maximum Gasteiger partial charge on any atom is 0.265 e. The van der Waals surface area contributed by atoms with Crippen LogP contribution in [0.3, 0.4) is 0 Å². The highest BCUT2D eigenvalue weighted by molar-refractivity contribution is 6.07. The molecule has 1 atom stereocenters. The minimum absolute atomic E-state index is 0.135. The largest absolute Gasteiger partial charge is 0.497 e. The quantitative estimate of drug-likeness (QED) is 0.820. The summed E-state index contributed by atoms with van der Waals surface area (Å²) in [5, 5.41) is 2.78. The van der Waals surface area contributed by atoms with E-state index in [0.717, 1.165) is 0 Å². The maximum absolute atomic E-state index is 12.7. The number of benzene rings is 2. The Hall–Kier alpha value is -3.35. The molecule has 0 saturated heterocycles. The average Bonchev–Trinajstić information content (AvgIpc) is 2.67. The summed E-state index contributed by atoms with van der Waals surface area (Å²) in [6, 6.07) is 11.0. The van der Waals surface area contributed by atoms with Crippen LogP contribution in [-0.2, 0) is 9.59 Å². The third kappa shape index (κ3) is 3.76. The summed E-state index contributed by atoms with van der Waals surface area (Å²) >= 11 is 0. The zero-order chi connectivity index (χ0) is 19.6. The molecule has 1 N–H and O–H groups in total. The molecule has 1 unspecified atom stereocenters. The molecule has 0 aromatic heterocycles. The number of hydrogen-bond acceptors (Lipinski definition) is 5. The van der Waals surface area contributed by atoms with Crippen LogP contribution in [0.4, 0.5) is 11.4 Å². The molecule has 1 aliphatic rings. The number of ether oxygens (including phenoxy) is 2. The van der Waals surface area contributed by atoms with Crippen molar-refractivity contribution in [2.24, 2.45) is 0 Å². The number of anilines is 2. The second-order valence-corrected chi connectivity index (χ2v) is 6.19. The summed E-state index contributed by atoms with van der Waals surface area (Å²) in [6.07, 6.45) is 0. The van der Waals surface area contributed by atoms with Crippen LogP contribution >= 0.6 is 0 Å². The highest BCUT2D eigenvalue weighted by Gasteiger charge is 2.33. The Bertz CT molecular complexity index is 909. The van der Waals surface area contributed by atoms with Crippen molar-refractivity contribution in [3.63, 3.8) is 0 Å². The maximum atomic E-state index is 12.7. The van der Waals surface area contributed by atoms with Crippen LogP contribution in [0.15, 0.2) is 42.5 Å². The molecule has 1 aliphatic heterocycles. The highest BCUT2D eigenvalue weighted by Crippen LogP contribution is 2.34. The Morgan fingerprint density at radius 2 is 2.00 bits per heavy atom. The Labute approximate surface area is 156 Å². The van der Waals surface area contributed by atoms with Gasteiger partial charge in [-0.15, -0.1) is 0 Å². The monoisotopic (exact) mass is 368 g/mol. The zero-order valence-electron chi connectivity index (χ0n) is 15.3. The van der Waals surface area contributed by atoms with Crippen LogP contribution in [0.1, 0.15) is 24.2 Å². The Morgan fingerprint density at radius 3 is 2.70 bits per heavy atom. The lowest BCUT2D eigenvalue weighted by Gasteiger charge is -2.33. The van der Waals surface area contributed by atoms with Gasteiger partial charge in [0.25, 0.3) is 5.91 Å². The number of carbonyl (C=O) groups excluding carboxylic acids is 3. The van der Waals surface area contributed by atoms with Crippen molar-refractivity contribution in [3.05, 3.63) is 48.0 Å². The molecule has 7 heteroatoms. The number of methoxy groups -OCH3 is 1. The molecular weight excluding hydrogens is 348 g/mol. The van der Waals surface area contributed by atoms with Gasteiger partial charge in [-0.25, -0.2) is 0 Å². The van der Waals surface area contributed by atoms with Gasteiger partial charge < -0.3 is 14.8 Å². The van der Waals surface area contributed by atoms with E-state index in [1.54, 1.807) is 56.5 Å². The number of carbonyl (C=O) groups is 3. The van der Waals surface area contributed by atoms with Gasteiger partial charge in [0, 0.05) is 17.3 Å². The molecule has 0 radical (unpaired) electrons. The van der Waals surface area contributed by atoms with E-state index >= 15 is 0 Å². The van der Waals surface area contributed by atoms with Crippen LogP contribution in [0, 0.1) is 0 Å². The van der Waals surface area contributed by atoms with Gasteiger partial charge in [0.2, 0.25) is 5.91 Å². The van der Waals surface area contributed by atoms with E-state index in [0.29, 0.717) is 28.4 Å². The van der Waals surface area contributed by atoms with Gasteiger partial charge >= 0.3 is 0 Å². The summed E-state index contributed by atoms with van der Waals surface area (Å²) in [7, 11) is 1.54. The Balaban J connectivity index is 1.88. The predicted molar refractivity (Wildman–Crippen MR) is 101 cm³/mol. The summed E-state index contributed by atoms with van der Waals surface area (Å²) in [5.74, 6) is 0.221. The van der Waals surface area contributed by atoms with E-state index in [2.05, 4.69) is 5.32 Å². The van der Waals surface area contributed by atoms with E-state index in [1.807, 2.05) is 0 Å². The SMILES string of the molecule is COc1cccc(NC(=O)C(C)N2C(=O)COc3ccc(C(C)=O)cc32)c1. The Morgan fingerprint density at radius 1 is 1.22 bits per heavy atom. The van der Waals surface area contributed by atoms with Gasteiger partial charge in [0.1, 0.15) is 17.5 Å². The number of ketones is 1. The smallest absolute Gasteiger partial charge is 0.265 e. The number of amides is 2. The van der Waals surface area contributed by atoms with Crippen LogP contribution in [0.2, 0.25) is 0 Å². The first-order valence-corrected chi connectivity index (χ1v) is 8.45. The van der Waals surface area contributed by atoms with E-state index in [9.17, 15) is 14.4 Å². The fourth-order valence-electron chi connectivity index (χ4n) is 2.88. The molecule has 0 saturated carbocycles. The first-order chi connectivity index (χ1) is 12.9. The van der Waals surface area contributed by atoms with E-state index in [4.69, 9.17) is 9.47 Å². The zero-order valence-corrected chi connectivity index (χ0v) is 15.3. The average molecular weight is 368 g/mol. The molecule has 7 nitrogen and oxygen atoms in total. The highest BCUT2D eigenvalue weighted by atomic mass is 16.5. The molecule has 140 valence electrons. The van der Waals surface area contributed by atoms with Crippen molar-refractivity contribution in [1.29, 1.82) is 0 Å². The number of rotatable bonds is 5.